The first-order valence-corrected chi connectivity index (χ1v) is 5.58. The van der Waals surface area contributed by atoms with Crippen LogP contribution in [-0.2, 0) is 12.6 Å². The van der Waals surface area contributed by atoms with Gasteiger partial charge in [0.1, 0.15) is 0 Å². The van der Waals surface area contributed by atoms with Crippen molar-refractivity contribution < 1.29 is 18.3 Å². The summed E-state index contributed by atoms with van der Waals surface area (Å²) >= 11 is 1.27. The molecule has 86 valence electrons. The fraction of sp³-hybridized carbons (Fsp3) is 0.273. The fourth-order valence-electron chi connectivity index (χ4n) is 1.57. The number of hydrogen-bond acceptors (Lipinski definition) is 2. The van der Waals surface area contributed by atoms with Gasteiger partial charge in [0.15, 0.2) is 0 Å². The third-order valence-electron chi connectivity index (χ3n) is 2.36. The van der Waals surface area contributed by atoms with Crippen LogP contribution in [0.5, 0.6) is 0 Å². The van der Waals surface area contributed by atoms with E-state index in [0.29, 0.717) is 11.1 Å². The summed E-state index contributed by atoms with van der Waals surface area (Å²) in [5.41, 5.74) is 0.272. The van der Waals surface area contributed by atoms with Gasteiger partial charge >= 0.3 is 6.18 Å². The predicted molar refractivity (Wildman–Crippen MR) is 57.6 cm³/mol. The topological polar surface area (TPSA) is 20.2 Å². The summed E-state index contributed by atoms with van der Waals surface area (Å²) in [6.45, 7) is 0.00680. The molecule has 0 fully saturated rings. The molecule has 1 aromatic carbocycles. The van der Waals surface area contributed by atoms with E-state index in [-0.39, 0.29) is 6.61 Å². The Bertz CT molecular complexity index is 501. The predicted octanol–water partition coefficient (Wildman–Crippen LogP) is 3.45. The minimum absolute atomic E-state index is 0.00680. The van der Waals surface area contributed by atoms with Crippen LogP contribution in [0.15, 0.2) is 23.6 Å². The lowest BCUT2D eigenvalue weighted by Gasteiger charge is -2.06. The zero-order chi connectivity index (χ0) is 11.8. The van der Waals surface area contributed by atoms with E-state index in [1.165, 1.54) is 17.4 Å². The Morgan fingerprint density at radius 3 is 2.62 bits per heavy atom. The zero-order valence-electron chi connectivity index (χ0n) is 8.21. The van der Waals surface area contributed by atoms with Gasteiger partial charge in [-0.05, 0) is 34.9 Å². The molecule has 1 nitrogen and oxygen atoms in total. The number of aliphatic hydroxyl groups is 1. The van der Waals surface area contributed by atoms with Crippen LogP contribution in [0.4, 0.5) is 13.2 Å². The van der Waals surface area contributed by atoms with E-state index in [2.05, 4.69) is 0 Å². The molecular weight excluding hydrogens is 237 g/mol. The summed E-state index contributed by atoms with van der Waals surface area (Å²) in [6.07, 6.45) is -3.82. The monoisotopic (exact) mass is 246 g/mol. The van der Waals surface area contributed by atoms with Crippen molar-refractivity contribution in [3.63, 3.8) is 0 Å². The molecule has 5 heteroatoms. The van der Waals surface area contributed by atoms with Crippen LogP contribution in [0.1, 0.15) is 11.1 Å². The summed E-state index contributed by atoms with van der Waals surface area (Å²) in [5.74, 6) is 0. The van der Waals surface area contributed by atoms with E-state index in [9.17, 15) is 13.2 Å². The summed E-state index contributed by atoms with van der Waals surface area (Å²) in [4.78, 5) is 0. The van der Waals surface area contributed by atoms with Gasteiger partial charge in [0.25, 0.3) is 0 Å². The molecule has 1 aromatic heterocycles. The SMILES string of the molecule is OCCc1csc2cc(C(F)(F)F)ccc12. The lowest BCUT2D eigenvalue weighted by Crippen LogP contribution is -2.03. The van der Waals surface area contributed by atoms with Crippen molar-refractivity contribution in [1.29, 1.82) is 0 Å². The highest BCUT2D eigenvalue weighted by Gasteiger charge is 2.30. The Labute approximate surface area is 94.1 Å². The van der Waals surface area contributed by atoms with Gasteiger partial charge in [0, 0.05) is 11.3 Å². The number of alkyl halides is 3. The normalized spacial score (nSPS) is 12.2. The quantitative estimate of drug-likeness (QED) is 0.860. The van der Waals surface area contributed by atoms with E-state index in [4.69, 9.17) is 5.11 Å². The highest BCUT2D eigenvalue weighted by molar-refractivity contribution is 7.17. The van der Waals surface area contributed by atoms with E-state index in [1.54, 1.807) is 5.38 Å². The van der Waals surface area contributed by atoms with Gasteiger partial charge in [-0.3, -0.25) is 0 Å². The van der Waals surface area contributed by atoms with Crippen LogP contribution in [0, 0.1) is 0 Å². The van der Waals surface area contributed by atoms with Crippen molar-refractivity contribution in [1.82, 2.24) is 0 Å². The second kappa shape index (κ2) is 4.07. The molecule has 0 saturated heterocycles. The smallest absolute Gasteiger partial charge is 0.396 e. The standard InChI is InChI=1S/C11H9F3OS/c12-11(13,14)8-1-2-9-7(3-4-15)6-16-10(9)5-8/h1-2,5-6,15H,3-4H2. The highest BCUT2D eigenvalue weighted by Crippen LogP contribution is 2.34. The van der Waals surface area contributed by atoms with E-state index < -0.39 is 11.7 Å². The van der Waals surface area contributed by atoms with Crippen LogP contribution in [-0.4, -0.2) is 11.7 Å². The average molecular weight is 246 g/mol. The molecule has 1 N–H and O–H groups in total. The van der Waals surface area contributed by atoms with Crippen molar-refractivity contribution in [2.24, 2.45) is 0 Å². The van der Waals surface area contributed by atoms with E-state index in [1.807, 2.05) is 0 Å². The maximum absolute atomic E-state index is 12.4. The molecule has 1 heterocycles. The van der Waals surface area contributed by atoms with Crippen molar-refractivity contribution >= 4 is 21.4 Å². The molecule has 0 radical (unpaired) electrons. The minimum Gasteiger partial charge on any atom is -0.396 e. The number of thiophene rings is 1. The molecule has 0 aliphatic rings. The van der Waals surface area contributed by atoms with Gasteiger partial charge in [0.05, 0.1) is 5.56 Å². The molecule has 0 aliphatic carbocycles. The maximum atomic E-state index is 12.4. The molecule has 0 spiro atoms. The molecular formula is C11H9F3OS. The highest BCUT2D eigenvalue weighted by atomic mass is 32.1. The number of fused-ring (bicyclic) bond motifs is 1. The molecule has 16 heavy (non-hydrogen) atoms. The molecule has 0 saturated carbocycles. The molecule has 2 rings (SSSR count). The molecule has 0 amide bonds. The van der Waals surface area contributed by atoms with Crippen LogP contribution in [0.25, 0.3) is 10.1 Å². The van der Waals surface area contributed by atoms with Crippen molar-refractivity contribution in [2.75, 3.05) is 6.61 Å². The van der Waals surface area contributed by atoms with Gasteiger partial charge in [-0.25, -0.2) is 0 Å². The molecule has 0 atom stereocenters. The van der Waals surface area contributed by atoms with Crippen LogP contribution >= 0.6 is 11.3 Å². The first-order chi connectivity index (χ1) is 7.52. The molecule has 0 unspecified atom stereocenters. The summed E-state index contributed by atoms with van der Waals surface area (Å²) in [5, 5.41) is 11.4. The van der Waals surface area contributed by atoms with Gasteiger partial charge in [-0.2, -0.15) is 13.2 Å². The van der Waals surface area contributed by atoms with Gasteiger partial charge in [-0.1, -0.05) is 6.07 Å². The largest absolute Gasteiger partial charge is 0.416 e. The summed E-state index contributed by atoms with van der Waals surface area (Å²) in [7, 11) is 0. The third-order valence-corrected chi connectivity index (χ3v) is 3.36. The molecule has 2 aromatic rings. The van der Waals surface area contributed by atoms with Crippen LogP contribution in [0.2, 0.25) is 0 Å². The van der Waals surface area contributed by atoms with E-state index in [0.717, 1.165) is 23.1 Å². The number of aliphatic hydroxyl groups excluding tert-OH is 1. The van der Waals surface area contributed by atoms with Crippen molar-refractivity contribution in [2.45, 2.75) is 12.6 Å². The minimum atomic E-state index is -4.30. The lowest BCUT2D eigenvalue weighted by molar-refractivity contribution is -0.137. The number of hydrogen-bond donors (Lipinski definition) is 1. The Morgan fingerprint density at radius 2 is 2.00 bits per heavy atom. The second-order valence-corrected chi connectivity index (χ2v) is 4.35. The number of halogens is 3. The first-order valence-electron chi connectivity index (χ1n) is 4.70. The number of rotatable bonds is 2. The molecule has 0 aliphatic heterocycles. The third kappa shape index (κ3) is 2.05. The Morgan fingerprint density at radius 1 is 1.25 bits per heavy atom. The molecule has 0 bridgehead atoms. The lowest BCUT2D eigenvalue weighted by atomic mass is 10.1. The average Bonchev–Trinajstić information content (AvgIpc) is 2.60. The van der Waals surface area contributed by atoms with E-state index >= 15 is 0 Å². The van der Waals surface area contributed by atoms with Gasteiger partial charge < -0.3 is 5.11 Å². The fourth-order valence-corrected chi connectivity index (χ4v) is 2.61. The van der Waals surface area contributed by atoms with Crippen molar-refractivity contribution in [3.8, 4) is 0 Å². The number of benzene rings is 1. The Kier molecular flexibility index (Phi) is 2.90. The maximum Gasteiger partial charge on any atom is 0.416 e. The zero-order valence-corrected chi connectivity index (χ0v) is 9.03. The van der Waals surface area contributed by atoms with Crippen LogP contribution < -0.4 is 0 Å². The first kappa shape index (κ1) is 11.4. The van der Waals surface area contributed by atoms with Gasteiger partial charge in [0.2, 0.25) is 0 Å². The van der Waals surface area contributed by atoms with Crippen molar-refractivity contribution in [3.05, 3.63) is 34.7 Å². The summed E-state index contributed by atoms with van der Waals surface area (Å²) in [6, 6.07) is 3.70. The summed E-state index contributed by atoms with van der Waals surface area (Å²) < 4.78 is 37.9. The Hall–Kier alpha value is -1.07. The Balaban J connectivity index is 2.49. The van der Waals surface area contributed by atoms with Crippen LogP contribution in [0.3, 0.4) is 0 Å². The van der Waals surface area contributed by atoms with Gasteiger partial charge in [-0.15, -0.1) is 11.3 Å². The second-order valence-electron chi connectivity index (χ2n) is 3.44.